The van der Waals surface area contributed by atoms with Gasteiger partial charge in [-0.25, -0.2) is 4.79 Å². The number of ether oxygens (including phenoxy) is 1. The molecule has 0 spiro atoms. The van der Waals surface area contributed by atoms with Gasteiger partial charge in [-0.3, -0.25) is 29.4 Å². The van der Waals surface area contributed by atoms with Crippen molar-refractivity contribution in [1.82, 2.24) is 10.2 Å². The third-order valence-electron chi connectivity index (χ3n) is 4.13. The van der Waals surface area contributed by atoms with E-state index in [0.717, 1.165) is 6.07 Å². The second kappa shape index (κ2) is 8.21. The maximum absolute atomic E-state index is 12.2. The maximum atomic E-state index is 12.2. The van der Waals surface area contributed by atoms with Crippen LogP contribution in [0, 0.1) is 10.1 Å². The predicted molar refractivity (Wildman–Crippen MR) is 96.6 cm³/mol. The maximum Gasteiger partial charge on any atom is 0.326 e. The number of anilines is 1. The van der Waals surface area contributed by atoms with Gasteiger partial charge in [0, 0.05) is 11.8 Å². The highest BCUT2D eigenvalue weighted by Gasteiger charge is 2.47. The zero-order valence-corrected chi connectivity index (χ0v) is 15.7. The number of hydrogen-bond acceptors (Lipinski definition) is 7. The molecule has 28 heavy (non-hydrogen) atoms. The van der Waals surface area contributed by atoms with E-state index >= 15 is 0 Å². The first kappa shape index (κ1) is 21.1. The third kappa shape index (κ3) is 4.55. The SMILES string of the molecule is CCC1(C)NC(=O)N(CC(=O)OCC(=O)Nc2ccc(Cl)c([N+](=O)[O-])c2)C1=O. The quantitative estimate of drug-likeness (QED) is 0.298. The first-order valence-corrected chi connectivity index (χ1v) is 8.48. The molecule has 4 amide bonds. The van der Waals surface area contributed by atoms with Gasteiger partial charge in [0.2, 0.25) is 0 Å². The fourth-order valence-corrected chi connectivity index (χ4v) is 2.57. The van der Waals surface area contributed by atoms with Gasteiger partial charge in [-0.15, -0.1) is 0 Å². The lowest BCUT2D eigenvalue weighted by molar-refractivity contribution is -0.384. The molecule has 1 aromatic rings. The molecule has 1 aliphatic rings. The van der Waals surface area contributed by atoms with E-state index in [0.29, 0.717) is 11.3 Å². The van der Waals surface area contributed by atoms with Crippen LogP contribution in [0.2, 0.25) is 5.02 Å². The average Bonchev–Trinajstić information content (AvgIpc) is 2.85. The molecule has 0 aliphatic carbocycles. The highest BCUT2D eigenvalue weighted by atomic mass is 35.5. The number of esters is 1. The van der Waals surface area contributed by atoms with Crippen molar-refractivity contribution in [1.29, 1.82) is 0 Å². The zero-order chi connectivity index (χ0) is 21.1. The molecule has 1 fully saturated rings. The number of nitro groups is 1. The Morgan fingerprint density at radius 3 is 2.64 bits per heavy atom. The fourth-order valence-electron chi connectivity index (χ4n) is 2.38. The molecule has 1 saturated heterocycles. The Hall–Kier alpha value is -3.21. The number of hydrogen-bond donors (Lipinski definition) is 2. The average molecular weight is 413 g/mol. The Morgan fingerprint density at radius 2 is 2.07 bits per heavy atom. The van der Waals surface area contributed by atoms with E-state index in [9.17, 15) is 29.3 Å². The highest BCUT2D eigenvalue weighted by molar-refractivity contribution is 6.32. The first-order valence-electron chi connectivity index (χ1n) is 8.11. The molecule has 0 bridgehead atoms. The van der Waals surface area contributed by atoms with Crippen LogP contribution < -0.4 is 10.6 Å². The summed E-state index contributed by atoms with van der Waals surface area (Å²) < 4.78 is 4.75. The van der Waals surface area contributed by atoms with Gasteiger partial charge >= 0.3 is 12.0 Å². The number of benzene rings is 1. The van der Waals surface area contributed by atoms with Gasteiger partial charge in [0.25, 0.3) is 17.5 Å². The summed E-state index contributed by atoms with van der Waals surface area (Å²) in [4.78, 5) is 58.6. The molecule has 0 radical (unpaired) electrons. The second-order valence-corrected chi connectivity index (χ2v) is 6.55. The number of carbonyl (C=O) groups excluding carboxylic acids is 4. The number of imide groups is 1. The van der Waals surface area contributed by atoms with Crippen LogP contribution in [0.4, 0.5) is 16.2 Å². The smallest absolute Gasteiger partial charge is 0.326 e. The van der Waals surface area contributed by atoms with Crippen LogP contribution in [0.3, 0.4) is 0 Å². The minimum atomic E-state index is -1.09. The number of nitro benzene ring substituents is 1. The number of nitrogens with one attached hydrogen (secondary N) is 2. The summed E-state index contributed by atoms with van der Waals surface area (Å²) in [5, 5.41) is 15.5. The Morgan fingerprint density at radius 1 is 1.39 bits per heavy atom. The molecule has 0 aromatic heterocycles. The third-order valence-corrected chi connectivity index (χ3v) is 4.45. The number of rotatable bonds is 7. The van der Waals surface area contributed by atoms with Gasteiger partial charge in [-0.05, 0) is 25.5 Å². The van der Waals surface area contributed by atoms with E-state index in [2.05, 4.69) is 10.6 Å². The van der Waals surface area contributed by atoms with Crippen LogP contribution in [-0.4, -0.2) is 52.3 Å². The number of halogens is 1. The lowest BCUT2D eigenvalue weighted by atomic mass is 9.99. The monoisotopic (exact) mass is 412 g/mol. The van der Waals surface area contributed by atoms with E-state index in [1.54, 1.807) is 6.92 Å². The lowest BCUT2D eigenvalue weighted by Gasteiger charge is -2.18. The first-order chi connectivity index (χ1) is 13.1. The van der Waals surface area contributed by atoms with Crippen LogP contribution in [-0.2, 0) is 19.1 Å². The van der Waals surface area contributed by atoms with Gasteiger partial charge in [-0.1, -0.05) is 18.5 Å². The molecule has 1 atom stereocenters. The number of urea groups is 1. The normalized spacial score (nSPS) is 18.6. The second-order valence-electron chi connectivity index (χ2n) is 6.14. The van der Waals surface area contributed by atoms with Crippen LogP contribution in [0.15, 0.2) is 18.2 Å². The molecule has 0 saturated carbocycles. The van der Waals surface area contributed by atoms with Crippen LogP contribution in [0.5, 0.6) is 0 Å². The van der Waals surface area contributed by atoms with Crippen LogP contribution in [0.1, 0.15) is 20.3 Å². The van der Waals surface area contributed by atoms with Gasteiger partial charge in [0.1, 0.15) is 17.1 Å². The molecule has 2 N–H and O–H groups in total. The van der Waals surface area contributed by atoms with Gasteiger partial charge in [0.05, 0.1) is 4.92 Å². The largest absolute Gasteiger partial charge is 0.454 e. The summed E-state index contributed by atoms with van der Waals surface area (Å²) >= 11 is 5.68. The van der Waals surface area contributed by atoms with Crippen molar-refractivity contribution in [2.75, 3.05) is 18.5 Å². The molecule has 1 heterocycles. The lowest BCUT2D eigenvalue weighted by Crippen LogP contribution is -2.43. The van der Waals surface area contributed by atoms with E-state index in [-0.39, 0.29) is 10.7 Å². The van der Waals surface area contributed by atoms with Gasteiger partial charge < -0.3 is 15.4 Å². The topological polar surface area (TPSA) is 148 Å². The van der Waals surface area contributed by atoms with Crippen LogP contribution in [0.25, 0.3) is 0 Å². The summed E-state index contributed by atoms with van der Waals surface area (Å²) in [7, 11) is 0. The van der Waals surface area contributed by atoms with Gasteiger partial charge in [0.15, 0.2) is 6.61 Å². The molecular weight excluding hydrogens is 396 g/mol. The van der Waals surface area contributed by atoms with Crippen molar-refractivity contribution in [3.63, 3.8) is 0 Å². The molecule has 1 aromatic carbocycles. The van der Waals surface area contributed by atoms with Crippen molar-refractivity contribution in [2.24, 2.45) is 0 Å². The summed E-state index contributed by atoms with van der Waals surface area (Å²) in [6.45, 7) is 1.91. The molecule has 1 aliphatic heterocycles. The van der Waals surface area contributed by atoms with E-state index in [4.69, 9.17) is 16.3 Å². The van der Waals surface area contributed by atoms with Crippen molar-refractivity contribution in [2.45, 2.75) is 25.8 Å². The predicted octanol–water partition coefficient (Wildman–Crippen LogP) is 1.45. The minimum Gasteiger partial charge on any atom is -0.454 e. The summed E-state index contributed by atoms with van der Waals surface area (Å²) in [6.07, 6.45) is 0.346. The van der Waals surface area contributed by atoms with E-state index < -0.39 is 53.1 Å². The van der Waals surface area contributed by atoms with Crippen molar-refractivity contribution in [3.05, 3.63) is 33.3 Å². The van der Waals surface area contributed by atoms with E-state index in [1.165, 1.54) is 19.1 Å². The molecule has 150 valence electrons. The zero-order valence-electron chi connectivity index (χ0n) is 15.0. The number of carbonyl (C=O) groups is 4. The Bertz CT molecular complexity index is 859. The van der Waals surface area contributed by atoms with Crippen molar-refractivity contribution < 1.29 is 28.8 Å². The van der Waals surface area contributed by atoms with Crippen LogP contribution >= 0.6 is 11.6 Å². The van der Waals surface area contributed by atoms with Gasteiger partial charge in [-0.2, -0.15) is 0 Å². The number of amides is 4. The van der Waals surface area contributed by atoms with E-state index in [1.807, 2.05) is 0 Å². The molecule has 12 heteroatoms. The summed E-state index contributed by atoms with van der Waals surface area (Å²) in [6, 6.07) is 2.92. The molecule has 2 rings (SSSR count). The minimum absolute atomic E-state index is 0.0879. The summed E-state index contributed by atoms with van der Waals surface area (Å²) in [5.74, 6) is -2.28. The summed E-state index contributed by atoms with van der Waals surface area (Å²) in [5.41, 5.74) is -1.39. The highest BCUT2D eigenvalue weighted by Crippen LogP contribution is 2.27. The Kier molecular flexibility index (Phi) is 6.19. The standard InChI is InChI=1S/C16H17ClN4O7/c1-3-16(2)14(24)20(15(25)19-16)7-13(23)28-8-12(22)18-9-4-5-10(17)11(6-9)21(26)27/h4-6H,3,7-8H2,1-2H3,(H,18,22)(H,19,25). The molecular formula is C16H17ClN4O7. The molecule has 1 unspecified atom stereocenters. The Labute approximate surface area is 164 Å². The van der Waals surface area contributed by atoms with Crippen molar-refractivity contribution >= 4 is 46.8 Å². The Balaban J connectivity index is 1.89. The fraction of sp³-hybridized carbons (Fsp3) is 0.375. The number of nitrogens with zero attached hydrogens (tertiary/aromatic N) is 2. The molecule has 11 nitrogen and oxygen atoms in total. The van der Waals surface area contributed by atoms with Crippen molar-refractivity contribution in [3.8, 4) is 0 Å².